The van der Waals surface area contributed by atoms with Gasteiger partial charge in [-0.15, -0.1) is 22.7 Å². The molecule has 19 heteroatoms. The summed E-state index contributed by atoms with van der Waals surface area (Å²) in [4.78, 5) is 70.1. The Morgan fingerprint density at radius 2 is 1.21 bits per heavy atom. The lowest BCUT2D eigenvalue weighted by molar-refractivity contribution is -0.112. The van der Waals surface area contributed by atoms with E-state index in [9.17, 15) is 24.0 Å². The molecule has 2 aromatic carbocycles. The van der Waals surface area contributed by atoms with E-state index in [1.165, 1.54) is 41.4 Å². The second-order valence-electron chi connectivity index (χ2n) is 15.1. The van der Waals surface area contributed by atoms with Gasteiger partial charge in [0.25, 0.3) is 11.8 Å². The zero-order valence-corrected chi connectivity index (χ0v) is 39.4. The number of hydrogen-bond donors (Lipinski definition) is 3. The second kappa shape index (κ2) is 21.3. The number of benzene rings is 2. The zero-order chi connectivity index (χ0) is 43.8. The van der Waals surface area contributed by atoms with Crippen LogP contribution in [0.25, 0.3) is 0 Å². The number of nitrogens with zero attached hydrogens (tertiary/aromatic N) is 4. The summed E-state index contributed by atoms with van der Waals surface area (Å²) in [7, 11) is 0. The molecule has 4 fully saturated rings. The van der Waals surface area contributed by atoms with Gasteiger partial charge in [0, 0.05) is 47.7 Å². The van der Waals surface area contributed by atoms with E-state index < -0.39 is 6.09 Å². The van der Waals surface area contributed by atoms with Crippen molar-refractivity contribution in [3.05, 3.63) is 90.1 Å². The van der Waals surface area contributed by atoms with Crippen LogP contribution in [0.5, 0.6) is 0 Å². The molecule has 62 heavy (non-hydrogen) atoms. The van der Waals surface area contributed by atoms with Gasteiger partial charge in [-0.05, 0) is 148 Å². The van der Waals surface area contributed by atoms with E-state index in [0.29, 0.717) is 28.8 Å². The molecule has 0 unspecified atom stereocenters. The van der Waals surface area contributed by atoms with Gasteiger partial charge in [0.1, 0.15) is 18.0 Å². The van der Waals surface area contributed by atoms with Crippen LogP contribution in [0.15, 0.2) is 85.4 Å². The third-order valence-corrected chi connectivity index (χ3v) is 13.8. The van der Waals surface area contributed by atoms with Gasteiger partial charge in [-0.2, -0.15) is 0 Å². The topological polar surface area (TPSA) is 162 Å². The predicted molar refractivity (Wildman–Crippen MR) is 252 cm³/mol. The summed E-state index contributed by atoms with van der Waals surface area (Å²) in [5.41, 5.74) is 3.71. The Bertz CT molecular complexity index is 2270. The van der Waals surface area contributed by atoms with Crippen LogP contribution in [0, 0.1) is 11.8 Å². The fourth-order valence-corrected chi connectivity index (χ4v) is 9.53. The SMILES string of the molecule is CCCNc1ccc(N2C[C@H](CNC(=O)c3ccc(Br)s3)OC2=O)cc1.O=C(Cl)C1CC1.O=C(NC[C@H]1CN(c2ccc(N3CCN=C3C3CC3)cc2)C(=O)O1)c1ccc(Br)s1. The number of carbonyl (C=O) groups excluding carboxylic acids is 5. The molecule has 2 saturated carbocycles. The molecule has 3 aliphatic heterocycles. The number of aliphatic imine (C=N–C) groups is 1. The van der Waals surface area contributed by atoms with Crippen LogP contribution in [0.1, 0.15) is 58.4 Å². The van der Waals surface area contributed by atoms with E-state index in [4.69, 9.17) is 21.1 Å². The number of rotatable bonds is 14. The van der Waals surface area contributed by atoms with Crippen molar-refractivity contribution in [2.24, 2.45) is 16.8 Å². The molecule has 328 valence electrons. The largest absolute Gasteiger partial charge is 0.442 e. The van der Waals surface area contributed by atoms with Crippen LogP contribution in [-0.2, 0) is 14.3 Å². The number of carbonyl (C=O) groups is 5. The number of thiophene rings is 2. The van der Waals surface area contributed by atoms with Crippen LogP contribution in [0.3, 0.4) is 0 Å². The number of amides is 4. The second-order valence-corrected chi connectivity index (χ2v) is 20.4. The third kappa shape index (κ3) is 12.4. The molecule has 2 atom stereocenters. The molecular formula is C43H46Br2ClN7O7S2. The normalized spacial score (nSPS) is 19.1. The lowest BCUT2D eigenvalue weighted by Crippen LogP contribution is -2.34. The molecule has 2 aromatic heterocycles. The molecule has 9 rings (SSSR count). The average Bonchev–Trinajstić information content (AvgIpc) is 4.04. The van der Waals surface area contributed by atoms with Crippen molar-refractivity contribution in [2.75, 3.05) is 65.8 Å². The minimum Gasteiger partial charge on any atom is -0.442 e. The Morgan fingerprint density at radius 3 is 1.61 bits per heavy atom. The highest BCUT2D eigenvalue weighted by Crippen LogP contribution is 2.36. The van der Waals surface area contributed by atoms with E-state index in [0.717, 1.165) is 69.2 Å². The fourth-order valence-electron chi connectivity index (χ4n) is 6.71. The highest BCUT2D eigenvalue weighted by molar-refractivity contribution is 9.11. The number of ether oxygens (including phenoxy) is 2. The van der Waals surface area contributed by atoms with Crippen LogP contribution in [0.2, 0.25) is 0 Å². The van der Waals surface area contributed by atoms with E-state index in [1.54, 1.807) is 21.9 Å². The van der Waals surface area contributed by atoms with Gasteiger partial charge in [-0.1, -0.05) is 6.92 Å². The average molecular weight is 1030 g/mol. The number of anilines is 4. The molecule has 3 N–H and O–H groups in total. The summed E-state index contributed by atoms with van der Waals surface area (Å²) < 4.78 is 12.6. The predicted octanol–water partition coefficient (Wildman–Crippen LogP) is 9.14. The van der Waals surface area contributed by atoms with Crippen molar-refractivity contribution < 1.29 is 33.4 Å². The number of amidine groups is 1. The first kappa shape index (κ1) is 45.5. The third-order valence-electron chi connectivity index (χ3n) is 10.3. The standard InChI is InChI=1S/C21H21BrN4O3S.C18H20BrN3O3S.C4H5ClO/c22-18-8-7-17(30-18)20(27)24-11-16-12-26(21(28)29-16)15-5-3-14(4-6-15)25-10-9-23-19(25)13-1-2-13;1-2-9-20-12-3-5-13(6-4-12)22-11-14(25-18(22)24)10-21-17(23)15-7-8-16(19)26-15;5-4(6)3-1-2-3/h3-8,13,16H,1-2,9-12H2,(H,24,27);3-8,14,20H,2,9-11H2,1H3,(H,21,23);3H,1-2H2/t16-;14-;/m00./s1. The highest BCUT2D eigenvalue weighted by Gasteiger charge is 2.36. The monoisotopic (exact) mass is 1030 g/mol. The van der Waals surface area contributed by atoms with Crippen molar-refractivity contribution in [1.82, 2.24) is 10.6 Å². The fraction of sp³-hybridized carbons (Fsp3) is 0.395. The van der Waals surface area contributed by atoms with Gasteiger partial charge in [0.05, 0.1) is 50.1 Å². The maximum Gasteiger partial charge on any atom is 0.414 e. The molecule has 4 aromatic rings. The van der Waals surface area contributed by atoms with Crippen molar-refractivity contribution in [3.8, 4) is 0 Å². The van der Waals surface area contributed by atoms with Crippen LogP contribution in [-0.4, -0.2) is 93.1 Å². The summed E-state index contributed by atoms with van der Waals surface area (Å²) in [6.45, 7) is 6.17. The Balaban J connectivity index is 0.000000166. The molecule has 4 amide bonds. The van der Waals surface area contributed by atoms with Gasteiger partial charge in [-0.3, -0.25) is 29.2 Å². The van der Waals surface area contributed by atoms with Gasteiger partial charge in [0.15, 0.2) is 0 Å². The van der Waals surface area contributed by atoms with Crippen molar-refractivity contribution in [2.45, 2.75) is 51.2 Å². The maximum atomic E-state index is 12.4. The quantitative estimate of drug-likeness (QED) is 0.105. The van der Waals surface area contributed by atoms with Gasteiger partial charge >= 0.3 is 12.2 Å². The first-order valence-electron chi connectivity index (χ1n) is 20.4. The first-order valence-corrected chi connectivity index (χ1v) is 24.0. The van der Waals surface area contributed by atoms with E-state index in [2.05, 4.69) is 64.6 Å². The molecule has 14 nitrogen and oxygen atoms in total. The molecule has 2 saturated heterocycles. The molecule has 5 aliphatic rings. The summed E-state index contributed by atoms with van der Waals surface area (Å²) in [5.74, 6) is 1.72. The van der Waals surface area contributed by atoms with Crippen LogP contribution >= 0.6 is 66.1 Å². The lowest BCUT2D eigenvalue weighted by Gasteiger charge is -2.21. The summed E-state index contributed by atoms with van der Waals surface area (Å²) in [6.07, 6.45) is 4.02. The Hall–Kier alpha value is -4.49. The molecule has 2 aliphatic carbocycles. The zero-order valence-electron chi connectivity index (χ0n) is 33.8. The van der Waals surface area contributed by atoms with Crippen LogP contribution in [0.4, 0.5) is 32.3 Å². The van der Waals surface area contributed by atoms with E-state index >= 15 is 0 Å². The number of cyclic esters (lactones) is 2. The lowest BCUT2D eigenvalue weighted by atomic mass is 10.2. The van der Waals surface area contributed by atoms with Gasteiger partial charge < -0.3 is 30.3 Å². The van der Waals surface area contributed by atoms with E-state index in [-0.39, 0.29) is 54.4 Å². The van der Waals surface area contributed by atoms with Crippen molar-refractivity contribution >= 4 is 124 Å². The van der Waals surface area contributed by atoms with Crippen molar-refractivity contribution in [1.29, 1.82) is 0 Å². The van der Waals surface area contributed by atoms with Crippen LogP contribution < -0.4 is 30.7 Å². The summed E-state index contributed by atoms with van der Waals surface area (Å²) >= 11 is 14.5. The number of nitrogens with one attached hydrogen (secondary N) is 3. The minimum atomic E-state index is -0.391. The Morgan fingerprint density at radius 1 is 0.726 bits per heavy atom. The van der Waals surface area contributed by atoms with E-state index in [1.807, 2.05) is 60.7 Å². The maximum absolute atomic E-state index is 12.4. The highest BCUT2D eigenvalue weighted by atomic mass is 79.9. The smallest absolute Gasteiger partial charge is 0.414 e. The Labute approximate surface area is 389 Å². The number of halogens is 3. The molecule has 0 radical (unpaired) electrons. The molecular weight excluding hydrogens is 986 g/mol. The van der Waals surface area contributed by atoms with Crippen molar-refractivity contribution in [3.63, 3.8) is 0 Å². The molecule has 0 spiro atoms. The Kier molecular flexibility index (Phi) is 15.6. The molecule has 5 heterocycles. The molecule has 0 bridgehead atoms. The van der Waals surface area contributed by atoms with Gasteiger partial charge in [-0.25, -0.2) is 9.59 Å². The van der Waals surface area contributed by atoms with Gasteiger partial charge in [0.2, 0.25) is 5.24 Å². The summed E-state index contributed by atoms with van der Waals surface area (Å²) in [6, 6.07) is 22.8. The summed E-state index contributed by atoms with van der Waals surface area (Å²) in [5, 5.41) is 8.80. The minimum absolute atomic E-state index is 0.157. The first-order chi connectivity index (χ1) is 29.9. The number of hydrogen-bond acceptors (Lipinski definition) is 12.